The Morgan fingerprint density at radius 3 is 2.48 bits per heavy atom. The molecule has 0 aromatic carbocycles. The number of amides is 1. The second-order valence-corrected chi connectivity index (χ2v) is 9.88. The van der Waals surface area contributed by atoms with Gasteiger partial charge in [-0.1, -0.05) is 6.92 Å². The van der Waals surface area contributed by atoms with Crippen LogP contribution in [0, 0.1) is 23.7 Å². The molecule has 2 aromatic rings. The van der Waals surface area contributed by atoms with Crippen molar-refractivity contribution in [3.05, 3.63) is 24.2 Å². The molecule has 2 aliphatic rings. The molecule has 4 rings (SSSR count). The van der Waals surface area contributed by atoms with Crippen molar-refractivity contribution in [1.82, 2.24) is 19.9 Å². The normalized spacial score (nSPS) is 29.1. The molecule has 2 aliphatic carbocycles. The second-order valence-electron chi connectivity index (χ2n) is 9.88. The highest BCUT2D eigenvalue weighted by atomic mass is 16.2. The van der Waals surface area contributed by atoms with Crippen LogP contribution in [-0.4, -0.2) is 26.0 Å². The predicted octanol–water partition coefficient (Wildman–Crippen LogP) is 4.04. The van der Waals surface area contributed by atoms with Crippen LogP contribution in [0.2, 0.25) is 0 Å². The van der Waals surface area contributed by atoms with Gasteiger partial charge in [-0.3, -0.25) is 4.79 Å². The van der Waals surface area contributed by atoms with Crippen molar-refractivity contribution >= 4 is 17.1 Å². The number of nitrogens with one attached hydrogen (secondary N) is 1. The first kappa shape index (κ1) is 18.5. The number of nitrogens with zero attached hydrogens (tertiary/aromatic N) is 3. The molecule has 1 N–H and O–H groups in total. The zero-order valence-electron chi connectivity index (χ0n) is 17.2. The molecule has 5 nitrogen and oxygen atoms in total. The van der Waals surface area contributed by atoms with Gasteiger partial charge in [-0.15, -0.1) is 0 Å². The molecule has 2 aromatic heterocycles. The summed E-state index contributed by atoms with van der Waals surface area (Å²) in [5, 5.41) is 3.16. The molecule has 0 bridgehead atoms. The van der Waals surface area contributed by atoms with Crippen molar-refractivity contribution in [2.45, 2.75) is 64.8 Å². The lowest BCUT2D eigenvalue weighted by atomic mass is 9.86. The van der Waals surface area contributed by atoms with Gasteiger partial charge in [0.05, 0.1) is 6.33 Å². The van der Waals surface area contributed by atoms with Gasteiger partial charge in [0.15, 0.2) is 5.65 Å². The molecule has 0 radical (unpaired) electrons. The average molecular weight is 369 g/mol. The lowest BCUT2D eigenvalue weighted by Gasteiger charge is -2.26. The zero-order chi connectivity index (χ0) is 19.3. The standard InChI is InChI=1S/C22H32N4O/c1-13(21(27)25-22(2,3)4)14-8-15-10-17(11-16(15)9-14)18-6-7-23-20-19(18)24-12-26(20)5/h6-7,12-17H,8-11H2,1-5H3,(H,25,27)/t13?,14-,15-,16+,17+. The van der Waals surface area contributed by atoms with Gasteiger partial charge in [0.25, 0.3) is 0 Å². The van der Waals surface area contributed by atoms with E-state index in [2.05, 4.69) is 49.0 Å². The molecule has 0 aliphatic heterocycles. The summed E-state index contributed by atoms with van der Waals surface area (Å²) in [4.78, 5) is 21.7. The average Bonchev–Trinajstić information content (AvgIpc) is 3.25. The molecule has 0 spiro atoms. The van der Waals surface area contributed by atoms with Gasteiger partial charge in [-0.05, 0) is 81.8 Å². The largest absolute Gasteiger partial charge is 0.351 e. The van der Waals surface area contributed by atoms with E-state index in [0.29, 0.717) is 11.8 Å². The van der Waals surface area contributed by atoms with E-state index in [9.17, 15) is 4.79 Å². The minimum absolute atomic E-state index is 0.108. The van der Waals surface area contributed by atoms with E-state index >= 15 is 0 Å². The highest BCUT2D eigenvalue weighted by Crippen LogP contribution is 2.54. The van der Waals surface area contributed by atoms with Gasteiger partial charge < -0.3 is 9.88 Å². The van der Waals surface area contributed by atoms with Crippen LogP contribution in [0.25, 0.3) is 11.2 Å². The van der Waals surface area contributed by atoms with Crippen LogP contribution >= 0.6 is 0 Å². The van der Waals surface area contributed by atoms with Gasteiger partial charge >= 0.3 is 0 Å². The number of hydrogen-bond acceptors (Lipinski definition) is 3. The molecule has 5 atom stereocenters. The number of pyridine rings is 1. The molecule has 1 amide bonds. The fourth-order valence-corrected chi connectivity index (χ4v) is 5.40. The molecular formula is C22H32N4O. The molecule has 0 saturated heterocycles. The maximum Gasteiger partial charge on any atom is 0.223 e. The van der Waals surface area contributed by atoms with E-state index in [4.69, 9.17) is 0 Å². The van der Waals surface area contributed by atoms with Crippen molar-refractivity contribution in [2.75, 3.05) is 0 Å². The number of carbonyl (C=O) groups excluding carboxylic acids is 1. The first-order chi connectivity index (χ1) is 12.7. The summed E-state index contributed by atoms with van der Waals surface area (Å²) < 4.78 is 2.00. The molecule has 2 saturated carbocycles. The maximum atomic E-state index is 12.6. The fraction of sp³-hybridized carbons (Fsp3) is 0.682. The van der Waals surface area contributed by atoms with Crippen molar-refractivity contribution in [3.63, 3.8) is 0 Å². The Morgan fingerprint density at radius 2 is 1.85 bits per heavy atom. The van der Waals surface area contributed by atoms with E-state index in [1.165, 1.54) is 31.2 Å². The number of aromatic nitrogens is 3. The second kappa shape index (κ2) is 6.61. The molecule has 5 heteroatoms. The number of hydrogen-bond donors (Lipinski definition) is 1. The first-order valence-electron chi connectivity index (χ1n) is 10.3. The quantitative estimate of drug-likeness (QED) is 0.889. The third-order valence-corrected chi connectivity index (χ3v) is 6.74. The number of fused-ring (bicyclic) bond motifs is 2. The SMILES string of the molecule is CC(C(=O)NC(C)(C)C)[C@H]1C[C@H]2C[C@@H](c3ccnc4c3ncn4C)C[C@H]2C1. The molecule has 1 unspecified atom stereocenters. The fourth-order valence-electron chi connectivity index (χ4n) is 5.40. The van der Waals surface area contributed by atoms with Gasteiger partial charge in [0.2, 0.25) is 5.91 Å². The lowest BCUT2D eigenvalue weighted by Crippen LogP contribution is -2.44. The van der Waals surface area contributed by atoms with Gasteiger partial charge in [-0.25, -0.2) is 9.97 Å². The Kier molecular flexibility index (Phi) is 4.52. The minimum atomic E-state index is -0.152. The van der Waals surface area contributed by atoms with E-state index in [-0.39, 0.29) is 17.4 Å². The Labute approximate surface area is 162 Å². The number of rotatable bonds is 3. The van der Waals surface area contributed by atoms with Crippen LogP contribution in [0.1, 0.15) is 64.9 Å². The van der Waals surface area contributed by atoms with Crippen LogP contribution < -0.4 is 5.32 Å². The summed E-state index contributed by atoms with van der Waals surface area (Å²) in [6.45, 7) is 8.28. The molecule has 2 fully saturated rings. The van der Waals surface area contributed by atoms with E-state index < -0.39 is 0 Å². The third-order valence-electron chi connectivity index (χ3n) is 6.74. The monoisotopic (exact) mass is 368 g/mol. The minimum Gasteiger partial charge on any atom is -0.351 e. The molecular weight excluding hydrogens is 336 g/mol. The Morgan fingerprint density at radius 1 is 1.19 bits per heavy atom. The Hall–Kier alpha value is -1.91. The van der Waals surface area contributed by atoms with Crippen LogP contribution in [0.3, 0.4) is 0 Å². The smallest absolute Gasteiger partial charge is 0.223 e. The van der Waals surface area contributed by atoms with Crippen LogP contribution in [0.15, 0.2) is 18.6 Å². The third kappa shape index (κ3) is 3.48. The summed E-state index contributed by atoms with van der Waals surface area (Å²) in [7, 11) is 2.00. The number of aryl methyl sites for hydroxylation is 1. The summed E-state index contributed by atoms with van der Waals surface area (Å²) in [6, 6.07) is 2.16. The summed E-state index contributed by atoms with van der Waals surface area (Å²) in [5.74, 6) is 2.93. The summed E-state index contributed by atoms with van der Waals surface area (Å²) in [6.07, 6.45) is 8.62. The lowest BCUT2D eigenvalue weighted by molar-refractivity contribution is -0.127. The van der Waals surface area contributed by atoms with Crippen molar-refractivity contribution in [1.29, 1.82) is 0 Å². The van der Waals surface area contributed by atoms with Gasteiger partial charge in [-0.2, -0.15) is 0 Å². The number of imidazole rings is 1. The topological polar surface area (TPSA) is 59.8 Å². The van der Waals surface area contributed by atoms with Crippen molar-refractivity contribution in [2.24, 2.45) is 30.7 Å². The maximum absolute atomic E-state index is 12.6. The van der Waals surface area contributed by atoms with Crippen LogP contribution in [0.4, 0.5) is 0 Å². The first-order valence-corrected chi connectivity index (χ1v) is 10.3. The molecule has 2 heterocycles. The van der Waals surface area contributed by atoms with Crippen molar-refractivity contribution in [3.8, 4) is 0 Å². The van der Waals surface area contributed by atoms with Crippen LogP contribution in [0.5, 0.6) is 0 Å². The van der Waals surface area contributed by atoms with Crippen molar-refractivity contribution < 1.29 is 4.79 Å². The van der Waals surface area contributed by atoms with E-state index in [1.807, 2.05) is 24.1 Å². The molecule has 146 valence electrons. The van der Waals surface area contributed by atoms with E-state index in [1.54, 1.807) is 0 Å². The summed E-state index contributed by atoms with van der Waals surface area (Å²) in [5.41, 5.74) is 3.26. The Bertz CT molecular complexity index is 836. The zero-order valence-corrected chi connectivity index (χ0v) is 17.2. The van der Waals surface area contributed by atoms with Crippen LogP contribution in [-0.2, 0) is 11.8 Å². The Balaban J connectivity index is 1.43. The predicted molar refractivity (Wildman–Crippen MR) is 107 cm³/mol. The number of carbonyl (C=O) groups is 1. The van der Waals surface area contributed by atoms with E-state index in [0.717, 1.165) is 23.0 Å². The highest BCUT2D eigenvalue weighted by Gasteiger charge is 2.45. The molecule has 27 heavy (non-hydrogen) atoms. The van der Waals surface area contributed by atoms with Gasteiger partial charge in [0.1, 0.15) is 5.52 Å². The highest BCUT2D eigenvalue weighted by molar-refractivity contribution is 5.79. The summed E-state index contributed by atoms with van der Waals surface area (Å²) >= 11 is 0. The van der Waals surface area contributed by atoms with Gasteiger partial charge in [0, 0.05) is 24.7 Å².